The maximum atomic E-state index is 13.0. The fourth-order valence-corrected chi connectivity index (χ4v) is 4.84. The molecule has 1 aliphatic heterocycles. The van der Waals surface area contributed by atoms with E-state index in [1.807, 2.05) is 66.7 Å². The van der Waals surface area contributed by atoms with Crippen LogP contribution in [-0.4, -0.2) is 35.1 Å². The SMILES string of the molecule is O=C(CC1CCCC(CC(=O)c2ccccc2)N1CCc1ccccc1)c1ccccc1. The van der Waals surface area contributed by atoms with Gasteiger partial charge in [0.15, 0.2) is 11.6 Å². The van der Waals surface area contributed by atoms with Crippen LogP contribution in [0.4, 0.5) is 0 Å². The molecule has 0 bridgehead atoms. The highest BCUT2D eigenvalue weighted by Crippen LogP contribution is 2.29. The summed E-state index contributed by atoms with van der Waals surface area (Å²) in [6.07, 6.45) is 5.00. The van der Waals surface area contributed by atoms with Crippen LogP contribution in [0.15, 0.2) is 91.0 Å². The average Bonchev–Trinajstić information content (AvgIpc) is 2.85. The van der Waals surface area contributed by atoms with E-state index in [9.17, 15) is 9.59 Å². The highest BCUT2D eigenvalue weighted by Gasteiger charge is 2.33. The summed E-state index contributed by atoms with van der Waals surface area (Å²) in [7, 11) is 0. The summed E-state index contributed by atoms with van der Waals surface area (Å²) in [5.41, 5.74) is 2.84. The molecule has 2 atom stereocenters. The Labute approximate surface area is 191 Å². The molecular formula is C29H31NO2. The average molecular weight is 426 g/mol. The molecular weight excluding hydrogens is 394 g/mol. The van der Waals surface area contributed by atoms with Gasteiger partial charge >= 0.3 is 0 Å². The first kappa shape index (κ1) is 22.2. The van der Waals surface area contributed by atoms with E-state index >= 15 is 0 Å². The van der Waals surface area contributed by atoms with E-state index in [4.69, 9.17) is 0 Å². The zero-order valence-corrected chi connectivity index (χ0v) is 18.5. The molecule has 0 aliphatic carbocycles. The predicted molar refractivity (Wildman–Crippen MR) is 129 cm³/mol. The fourth-order valence-electron chi connectivity index (χ4n) is 4.84. The van der Waals surface area contributed by atoms with E-state index in [1.165, 1.54) is 5.56 Å². The Kier molecular flexibility index (Phi) is 7.63. The van der Waals surface area contributed by atoms with E-state index in [1.54, 1.807) is 0 Å². The summed E-state index contributed by atoms with van der Waals surface area (Å²) >= 11 is 0. The normalized spacial score (nSPS) is 18.9. The number of hydrogen-bond acceptors (Lipinski definition) is 3. The lowest BCUT2D eigenvalue weighted by Gasteiger charge is -2.42. The Hall–Kier alpha value is -3.04. The smallest absolute Gasteiger partial charge is 0.164 e. The molecule has 3 heteroatoms. The molecule has 3 nitrogen and oxygen atoms in total. The third-order valence-electron chi connectivity index (χ3n) is 6.55. The van der Waals surface area contributed by atoms with Crippen LogP contribution in [-0.2, 0) is 6.42 Å². The van der Waals surface area contributed by atoms with Crippen molar-refractivity contribution in [3.05, 3.63) is 108 Å². The Balaban J connectivity index is 1.50. The van der Waals surface area contributed by atoms with Gasteiger partial charge < -0.3 is 0 Å². The Morgan fingerprint density at radius 3 is 1.56 bits per heavy atom. The first-order valence-corrected chi connectivity index (χ1v) is 11.7. The highest BCUT2D eigenvalue weighted by atomic mass is 16.1. The summed E-state index contributed by atoms with van der Waals surface area (Å²) in [5.74, 6) is 0.380. The van der Waals surface area contributed by atoms with Gasteiger partial charge in [-0.25, -0.2) is 0 Å². The summed E-state index contributed by atoms with van der Waals surface area (Å²) in [6, 6.07) is 30.0. The second kappa shape index (κ2) is 11.0. The molecule has 2 unspecified atom stereocenters. The molecule has 3 aromatic carbocycles. The van der Waals surface area contributed by atoms with Crippen LogP contribution in [0.5, 0.6) is 0 Å². The number of piperidine rings is 1. The van der Waals surface area contributed by atoms with Crippen molar-refractivity contribution in [3.63, 3.8) is 0 Å². The largest absolute Gasteiger partial charge is 0.296 e. The van der Waals surface area contributed by atoms with Gasteiger partial charge in [0.05, 0.1) is 0 Å². The lowest BCUT2D eigenvalue weighted by atomic mass is 9.87. The Morgan fingerprint density at radius 2 is 1.09 bits per heavy atom. The van der Waals surface area contributed by atoms with Crippen LogP contribution in [0.3, 0.4) is 0 Å². The maximum absolute atomic E-state index is 13.0. The van der Waals surface area contributed by atoms with Crippen LogP contribution >= 0.6 is 0 Å². The van der Waals surface area contributed by atoms with Crippen LogP contribution < -0.4 is 0 Å². The summed E-state index contributed by atoms with van der Waals surface area (Å²) in [6.45, 7) is 0.865. The second-order valence-electron chi connectivity index (χ2n) is 8.70. The van der Waals surface area contributed by atoms with Crippen LogP contribution in [0, 0.1) is 0 Å². The number of ketones is 2. The molecule has 1 heterocycles. The molecule has 1 aliphatic rings. The molecule has 1 fully saturated rings. The van der Waals surface area contributed by atoms with Crippen molar-refractivity contribution in [1.29, 1.82) is 0 Å². The van der Waals surface area contributed by atoms with E-state index in [-0.39, 0.29) is 23.7 Å². The molecule has 0 saturated carbocycles. The van der Waals surface area contributed by atoms with Gasteiger partial charge in [-0.3, -0.25) is 14.5 Å². The van der Waals surface area contributed by atoms with Gasteiger partial charge in [0.1, 0.15) is 0 Å². The first-order valence-electron chi connectivity index (χ1n) is 11.7. The van der Waals surface area contributed by atoms with Crippen LogP contribution in [0.25, 0.3) is 0 Å². The fraction of sp³-hybridized carbons (Fsp3) is 0.310. The molecule has 4 rings (SSSR count). The quantitative estimate of drug-likeness (QED) is 0.395. The number of carbonyl (C=O) groups excluding carboxylic acids is 2. The van der Waals surface area contributed by atoms with E-state index in [0.717, 1.165) is 43.4 Å². The molecule has 164 valence electrons. The van der Waals surface area contributed by atoms with Gasteiger partial charge in [0, 0.05) is 42.6 Å². The van der Waals surface area contributed by atoms with Crippen molar-refractivity contribution in [2.45, 2.75) is 50.6 Å². The third kappa shape index (κ3) is 5.80. The topological polar surface area (TPSA) is 37.4 Å². The van der Waals surface area contributed by atoms with Gasteiger partial charge in [0.2, 0.25) is 0 Å². The van der Waals surface area contributed by atoms with Gasteiger partial charge in [-0.15, -0.1) is 0 Å². The summed E-state index contributed by atoms with van der Waals surface area (Å²) < 4.78 is 0. The summed E-state index contributed by atoms with van der Waals surface area (Å²) in [5, 5.41) is 0. The van der Waals surface area contributed by atoms with Crippen molar-refractivity contribution in [2.75, 3.05) is 6.54 Å². The number of carbonyl (C=O) groups is 2. The lowest BCUT2D eigenvalue weighted by Crippen LogP contribution is -2.49. The van der Waals surface area contributed by atoms with Gasteiger partial charge in [0.25, 0.3) is 0 Å². The molecule has 0 radical (unpaired) electrons. The number of Topliss-reactive ketones (excluding diaryl/α,β-unsaturated/α-hetero) is 2. The van der Waals surface area contributed by atoms with Gasteiger partial charge in [-0.05, 0) is 24.8 Å². The zero-order valence-electron chi connectivity index (χ0n) is 18.5. The highest BCUT2D eigenvalue weighted by molar-refractivity contribution is 5.97. The molecule has 0 aromatic heterocycles. The molecule has 0 spiro atoms. The number of nitrogens with zero attached hydrogens (tertiary/aromatic N) is 1. The van der Waals surface area contributed by atoms with Crippen molar-refractivity contribution in [1.82, 2.24) is 4.90 Å². The van der Waals surface area contributed by atoms with Gasteiger partial charge in [-0.2, -0.15) is 0 Å². The third-order valence-corrected chi connectivity index (χ3v) is 6.55. The molecule has 0 amide bonds. The zero-order chi connectivity index (χ0) is 22.2. The van der Waals surface area contributed by atoms with Crippen LogP contribution in [0.2, 0.25) is 0 Å². The first-order chi connectivity index (χ1) is 15.7. The Bertz CT molecular complexity index is 940. The maximum Gasteiger partial charge on any atom is 0.164 e. The van der Waals surface area contributed by atoms with Gasteiger partial charge in [-0.1, -0.05) is 97.4 Å². The summed E-state index contributed by atoms with van der Waals surface area (Å²) in [4.78, 5) is 28.4. The minimum Gasteiger partial charge on any atom is -0.296 e. The number of benzene rings is 3. The van der Waals surface area contributed by atoms with E-state index in [0.29, 0.717) is 12.8 Å². The van der Waals surface area contributed by atoms with E-state index in [2.05, 4.69) is 29.2 Å². The monoisotopic (exact) mass is 425 g/mol. The van der Waals surface area contributed by atoms with Crippen LogP contribution in [0.1, 0.15) is 58.4 Å². The number of rotatable bonds is 9. The lowest BCUT2D eigenvalue weighted by molar-refractivity contribution is 0.0596. The predicted octanol–water partition coefficient (Wildman–Crippen LogP) is 6.00. The molecule has 0 N–H and O–H groups in total. The number of likely N-dealkylation sites (tertiary alicyclic amines) is 1. The molecule has 1 saturated heterocycles. The minimum atomic E-state index is 0.175. The van der Waals surface area contributed by atoms with Crippen molar-refractivity contribution >= 4 is 11.6 Å². The standard InChI is InChI=1S/C29H31NO2/c31-28(24-13-6-2-7-14-24)21-26-17-10-18-27(22-29(32)25-15-8-3-9-16-25)30(26)20-19-23-11-4-1-5-12-23/h1-9,11-16,26-27H,10,17-22H2. The molecule has 32 heavy (non-hydrogen) atoms. The minimum absolute atomic E-state index is 0.175. The second-order valence-corrected chi connectivity index (χ2v) is 8.70. The van der Waals surface area contributed by atoms with Crippen molar-refractivity contribution in [2.24, 2.45) is 0 Å². The van der Waals surface area contributed by atoms with E-state index < -0.39 is 0 Å². The van der Waals surface area contributed by atoms with Crippen molar-refractivity contribution < 1.29 is 9.59 Å². The number of hydrogen-bond donors (Lipinski definition) is 0. The Morgan fingerprint density at radius 1 is 0.656 bits per heavy atom. The molecule has 3 aromatic rings. The van der Waals surface area contributed by atoms with Crippen molar-refractivity contribution in [3.8, 4) is 0 Å².